The van der Waals surface area contributed by atoms with E-state index in [2.05, 4.69) is 14.5 Å². The third kappa shape index (κ3) is 3.97. The lowest BCUT2D eigenvalue weighted by molar-refractivity contribution is -0.133. The zero-order valence-electron chi connectivity index (χ0n) is 15.8. The number of nitrogens with zero attached hydrogens (tertiary/aromatic N) is 4. The molecule has 0 bridgehead atoms. The number of imidazole rings is 1. The van der Waals surface area contributed by atoms with Crippen molar-refractivity contribution in [3.63, 3.8) is 0 Å². The predicted molar refractivity (Wildman–Crippen MR) is 107 cm³/mol. The Kier molecular flexibility index (Phi) is 5.48. The van der Waals surface area contributed by atoms with Crippen molar-refractivity contribution >= 4 is 5.91 Å². The van der Waals surface area contributed by atoms with Crippen molar-refractivity contribution in [3.8, 4) is 0 Å². The highest BCUT2D eigenvalue weighted by molar-refractivity contribution is 5.83. The molecule has 2 N–H and O–H groups in total. The molecule has 0 spiro atoms. The van der Waals surface area contributed by atoms with Crippen LogP contribution in [0.5, 0.6) is 0 Å². The summed E-state index contributed by atoms with van der Waals surface area (Å²) in [6.07, 6.45) is 7.46. The first-order chi connectivity index (χ1) is 13.7. The molecule has 0 radical (unpaired) electrons. The van der Waals surface area contributed by atoms with E-state index in [1.54, 1.807) is 0 Å². The molecule has 28 heavy (non-hydrogen) atoms. The van der Waals surface area contributed by atoms with Gasteiger partial charge in [-0.2, -0.15) is 0 Å². The average Bonchev–Trinajstić information content (AvgIpc) is 3.22. The summed E-state index contributed by atoms with van der Waals surface area (Å²) in [6, 6.07) is 14.9. The Morgan fingerprint density at radius 1 is 1.04 bits per heavy atom. The molecule has 1 fully saturated rings. The maximum absolute atomic E-state index is 12.8. The molecule has 0 saturated carbocycles. The van der Waals surface area contributed by atoms with Gasteiger partial charge in [-0.1, -0.05) is 36.4 Å². The van der Waals surface area contributed by atoms with Gasteiger partial charge < -0.3 is 15.2 Å². The number of pyridine rings is 1. The van der Waals surface area contributed by atoms with E-state index in [1.165, 1.54) is 0 Å². The van der Waals surface area contributed by atoms with Gasteiger partial charge in [-0.25, -0.2) is 4.98 Å². The van der Waals surface area contributed by atoms with Crippen molar-refractivity contribution in [2.75, 3.05) is 13.1 Å². The maximum atomic E-state index is 12.8. The molecule has 4 rings (SSSR count). The summed E-state index contributed by atoms with van der Waals surface area (Å²) >= 11 is 0. The minimum Gasteiger partial charge on any atom is -0.341 e. The van der Waals surface area contributed by atoms with E-state index in [0.717, 1.165) is 29.9 Å². The van der Waals surface area contributed by atoms with E-state index < -0.39 is 6.04 Å². The van der Waals surface area contributed by atoms with Crippen LogP contribution < -0.4 is 5.73 Å². The van der Waals surface area contributed by atoms with Gasteiger partial charge in [0.2, 0.25) is 5.91 Å². The monoisotopic (exact) mass is 375 g/mol. The third-order valence-corrected chi connectivity index (χ3v) is 5.40. The number of piperidine rings is 1. The summed E-state index contributed by atoms with van der Waals surface area (Å²) in [6.45, 7) is 2.13. The maximum Gasteiger partial charge on any atom is 0.244 e. The summed E-state index contributed by atoms with van der Waals surface area (Å²) in [5.74, 6) is 1.42. The van der Waals surface area contributed by atoms with Gasteiger partial charge in [0, 0.05) is 37.6 Å². The van der Waals surface area contributed by atoms with Crippen LogP contribution in [0.1, 0.15) is 41.9 Å². The Labute approximate surface area is 165 Å². The van der Waals surface area contributed by atoms with Gasteiger partial charge in [0.1, 0.15) is 11.9 Å². The van der Waals surface area contributed by atoms with Gasteiger partial charge >= 0.3 is 0 Å². The second-order valence-corrected chi connectivity index (χ2v) is 7.22. The highest BCUT2D eigenvalue weighted by atomic mass is 16.2. The minimum atomic E-state index is -0.594. The summed E-state index contributed by atoms with van der Waals surface area (Å²) in [5, 5.41) is 0. The summed E-state index contributed by atoms with van der Waals surface area (Å²) < 4.78 is 2.17. The van der Waals surface area contributed by atoms with E-state index in [4.69, 9.17) is 5.73 Å². The van der Waals surface area contributed by atoms with Crippen molar-refractivity contribution in [1.29, 1.82) is 0 Å². The van der Waals surface area contributed by atoms with Gasteiger partial charge in [0.25, 0.3) is 0 Å². The largest absolute Gasteiger partial charge is 0.341 e. The number of amides is 1. The fourth-order valence-corrected chi connectivity index (χ4v) is 3.84. The highest BCUT2D eigenvalue weighted by Gasteiger charge is 2.29. The summed E-state index contributed by atoms with van der Waals surface area (Å²) in [5.41, 5.74) is 8.07. The molecule has 1 saturated heterocycles. The number of carbonyl (C=O) groups is 1. The molecule has 1 aliphatic heterocycles. The molecule has 6 heteroatoms. The van der Waals surface area contributed by atoms with Gasteiger partial charge in [0.05, 0.1) is 12.2 Å². The number of rotatable bonds is 5. The molecule has 1 aliphatic rings. The average molecular weight is 375 g/mol. The van der Waals surface area contributed by atoms with Crippen LogP contribution in [0.25, 0.3) is 0 Å². The SMILES string of the molecule is N[C@H](C(=O)N1CCC(c2nccn2Cc2ccccn2)CC1)c1ccccc1. The topological polar surface area (TPSA) is 77.0 Å². The van der Waals surface area contributed by atoms with E-state index in [0.29, 0.717) is 25.6 Å². The van der Waals surface area contributed by atoms with Crippen LogP contribution in [0.2, 0.25) is 0 Å². The molecule has 2 aromatic heterocycles. The first-order valence-corrected chi connectivity index (χ1v) is 9.72. The Balaban J connectivity index is 1.38. The second kappa shape index (κ2) is 8.35. The molecule has 3 aromatic rings. The number of hydrogen-bond donors (Lipinski definition) is 1. The fourth-order valence-electron chi connectivity index (χ4n) is 3.84. The number of carbonyl (C=O) groups excluding carboxylic acids is 1. The van der Waals surface area contributed by atoms with Crippen LogP contribution in [0.4, 0.5) is 0 Å². The number of aromatic nitrogens is 3. The zero-order valence-corrected chi connectivity index (χ0v) is 15.8. The zero-order chi connectivity index (χ0) is 19.3. The first kappa shape index (κ1) is 18.4. The van der Waals surface area contributed by atoms with E-state index >= 15 is 0 Å². The molecule has 0 unspecified atom stereocenters. The van der Waals surface area contributed by atoms with E-state index in [-0.39, 0.29) is 5.91 Å². The van der Waals surface area contributed by atoms with E-state index in [9.17, 15) is 4.79 Å². The van der Waals surface area contributed by atoms with Crippen molar-refractivity contribution < 1.29 is 4.79 Å². The van der Waals surface area contributed by atoms with Crippen molar-refractivity contribution in [2.45, 2.75) is 31.3 Å². The molecule has 6 nitrogen and oxygen atoms in total. The summed E-state index contributed by atoms with van der Waals surface area (Å²) in [4.78, 5) is 23.7. The molecule has 1 atom stereocenters. The highest BCUT2D eigenvalue weighted by Crippen LogP contribution is 2.28. The molecular formula is C22H25N5O. The third-order valence-electron chi connectivity index (χ3n) is 5.40. The number of hydrogen-bond acceptors (Lipinski definition) is 4. The van der Waals surface area contributed by atoms with Crippen LogP contribution in [0, 0.1) is 0 Å². The molecule has 3 heterocycles. The lowest BCUT2D eigenvalue weighted by atomic mass is 9.95. The number of nitrogens with two attached hydrogens (primary N) is 1. The lowest BCUT2D eigenvalue weighted by Gasteiger charge is -2.33. The normalized spacial score (nSPS) is 16.1. The van der Waals surface area contributed by atoms with Crippen molar-refractivity contribution in [1.82, 2.24) is 19.4 Å². The van der Waals surface area contributed by atoms with Crippen LogP contribution in [0.15, 0.2) is 67.1 Å². The van der Waals surface area contributed by atoms with Gasteiger partial charge in [-0.05, 0) is 30.5 Å². The standard InChI is InChI=1S/C22H25N5O/c23-20(17-6-2-1-3-7-17)22(28)26-13-9-18(10-14-26)21-25-12-15-27(21)16-19-8-4-5-11-24-19/h1-8,11-12,15,18,20H,9-10,13-14,16,23H2/t20-/m0/s1. The molecule has 0 aliphatic carbocycles. The fraction of sp³-hybridized carbons (Fsp3) is 0.318. The van der Waals surface area contributed by atoms with Crippen molar-refractivity contribution in [3.05, 3.63) is 84.2 Å². The first-order valence-electron chi connectivity index (χ1n) is 9.72. The lowest BCUT2D eigenvalue weighted by Crippen LogP contribution is -2.43. The smallest absolute Gasteiger partial charge is 0.244 e. The van der Waals surface area contributed by atoms with Crippen LogP contribution in [-0.2, 0) is 11.3 Å². The quantitative estimate of drug-likeness (QED) is 0.744. The van der Waals surface area contributed by atoms with E-state index in [1.807, 2.05) is 72.0 Å². The van der Waals surface area contributed by atoms with Crippen molar-refractivity contribution in [2.24, 2.45) is 5.73 Å². The molecule has 1 aromatic carbocycles. The minimum absolute atomic E-state index is 0.00137. The van der Waals surface area contributed by atoms with Gasteiger partial charge in [-0.3, -0.25) is 9.78 Å². The Hall–Kier alpha value is -2.99. The van der Waals surface area contributed by atoms with Crippen LogP contribution >= 0.6 is 0 Å². The summed E-state index contributed by atoms with van der Waals surface area (Å²) in [7, 11) is 0. The second-order valence-electron chi connectivity index (χ2n) is 7.22. The Morgan fingerprint density at radius 3 is 2.50 bits per heavy atom. The molecular weight excluding hydrogens is 350 g/mol. The molecule has 1 amide bonds. The Morgan fingerprint density at radius 2 is 1.79 bits per heavy atom. The van der Waals surface area contributed by atoms with Gasteiger partial charge in [-0.15, -0.1) is 0 Å². The predicted octanol–water partition coefficient (Wildman–Crippen LogP) is 2.73. The molecule has 144 valence electrons. The Bertz CT molecular complexity index is 901. The van der Waals surface area contributed by atoms with Crippen LogP contribution in [-0.4, -0.2) is 38.4 Å². The number of likely N-dealkylation sites (tertiary alicyclic amines) is 1. The van der Waals surface area contributed by atoms with Gasteiger partial charge in [0.15, 0.2) is 0 Å². The van der Waals surface area contributed by atoms with Crippen LogP contribution in [0.3, 0.4) is 0 Å². The number of benzene rings is 1.